The molecule has 2 aromatic rings. The van der Waals surface area contributed by atoms with Crippen LogP contribution in [0.1, 0.15) is 44.0 Å². The molecule has 4 nitrogen and oxygen atoms in total. The molecule has 0 amide bonds. The third-order valence-corrected chi connectivity index (χ3v) is 4.34. The van der Waals surface area contributed by atoms with Gasteiger partial charge in [-0.3, -0.25) is 10.1 Å². The number of rotatable bonds is 3. The van der Waals surface area contributed by atoms with Crippen LogP contribution >= 0.6 is 0 Å². The normalized spacial score (nSPS) is 20.1. The van der Waals surface area contributed by atoms with Gasteiger partial charge in [0, 0.05) is 29.9 Å². The van der Waals surface area contributed by atoms with Gasteiger partial charge < -0.3 is 4.90 Å². The maximum Gasteiger partial charge on any atom is 0.111 e. The molecule has 3 heterocycles. The van der Waals surface area contributed by atoms with E-state index < -0.39 is 0 Å². The maximum atomic E-state index is 4.86. The van der Waals surface area contributed by atoms with E-state index in [1.54, 1.807) is 0 Å². The second-order valence-electron chi connectivity index (χ2n) is 6.31. The van der Waals surface area contributed by atoms with Gasteiger partial charge in [0.15, 0.2) is 0 Å². The second-order valence-corrected chi connectivity index (χ2v) is 6.31. The van der Waals surface area contributed by atoms with Gasteiger partial charge in [0.2, 0.25) is 0 Å². The number of hydrogen-bond donors (Lipinski definition) is 1. The second kappa shape index (κ2) is 5.98. The summed E-state index contributed by atoms with van der Waals surface area (Å²) in [7, 11) is 0. The van der Waals surface area contributed by atoms with Crippen molar-refractivity contribution < 1.29 is 0 Å². The molecule has 1 saturated heterocycles. The highest BCUT2D eigenvalue weighted by atomic mass is 15.2. The molecule has 0 saturated carbocycles. The maximum absolute atomic E-state index is 4.86. The van der Waals surface area contributed by atoms with Crippen LogP contribution in [0, 0.1) is 6.92 Å². The Balaban J connectivity index is 1.82. The van der Waals surface area contributed by atoms with Crippen LogP contribution in [0.15, 0.2) is 24.3 Å². The molecule has 0 aliphatic carbocycles. The fourth-order valence-electron chi connectivity index (χ4n) is 3.09. The van der Waals surface area contributed by atoms with Crippen LogP contribution in [-0.4, -0.2) is 39.2 Å². The van der Waals surface area contributed by atoms with Crippen LogP contribution in [0.3, 0.4) is 0 Å². The first-order valence-corrected chi connectivity index (χ1v) is 7.87. The first-order valence-electron chi connectivity index (χ1n) is 7.87. The average molecular weight is 284 g/mol. The van der Waals surface area contributed by atoms with E-state index in [-0.39, 0.29) is 0 Å². The molecule has 1 atom stereocenters. The van der Waals surface area contributed by atoms with E-state index in [1.807, 2.05) is 19.1 Å². The predicted octanol–water partition coefficient (Wildman–Crippen LogP) is 3.37. The monoisotopic (exact) mass is 284 g/mol. The van der Waals surface area contributed by atoms with Crippen molar-refractivity contribution in [1.29, 1.82) is 0 Å². The summed E-state index contributed by atoms with van der Waals surface area (Å²) in [6.07, 6.45) is 2.50. The summed E-state index contributed by atoms with van der Waals surface area (Å²) in [4.78, 5) is 7.42. The highest BCUT2D eigenvalue weighted by Gasteiger charge is 2.24. The Labute approximate surface area is 126 Å². The fraction of sp³-hybridized carbons (Fsp3) is 0.529. The lowest BCUT2D eigenvalue weighted by Gasteiger charge is -2.35. The molecule has 0 unspecified atom stereocenters. The lowest BCUT2D eigenvalue weighted by molar-refractivity contribution is 0.166. The highest BCUT2D eigenvalue weighted by molar-refractivity contribution is 5.54. The summed E-state index contributed by atoms with van der Waals surface area (Å²) in [5.74, 6) is 0.543. The number of aryl methyl sites for hydroxylation is 1. The molecule has 21 heavy (non-hydrogen) atoms. The largest absolute Gasteiger partial charge is 0.300 e. The third-order valence-electron chi connectivity index (χ3n) is 4.34. The molecule has 1 aliphatic heterocycles. The van der Waals surface area contributed by atoms with Crippen molar-refractivity contribution in [3.05, 3.63) is 35.7 Å². The van der Waals surface area contributed by atoms with Crippen LogP contribution in [0.5, 0.6) is 0 Å². The zero-order chi connectivity index (χ0) is 14.8. The van der Waals surface area contributed by atoms with Gasteiger partial charge >= 0.3 is 0 Å². The van der Waals surface area contributed by atoms with Crippen molar-refractivity contribution in [2.75, 3.05) is 13.1 Å². The van der Waals surface area contributed by atoms with Crippen molar-refractivity contribution in [3.8, 4) is 11.4 Å². The molecule has 1 fully saturated rings. The summed E-state index contributed by atoms with van der Waals surface area (Å²) in [5.41, 5.74) is 4.18. The lowest BCUT2D eigenvalue weighted by atomic mass is 9.93. The minimum Gasteiger partial charge on any atom is -0.300 e. The van der Waals surface area contributed by atoms with Gasteiger partial charge in [0.1, 0.15) is 5.69 Å². The van der Waals surface area contributed by atoms with Crippen molar-refractivity contribution in [2.24, 2.45) is 0 Å². The quantitative estimate of drug-likeness (QED) is 0.940. The summed E-state index contributed by atoms with van der Waals surface area (Å²) in [5, 5.41) is 7.31. The molecule has 1 aliphatic rings. The minimum absolute atomic E-state index is 0.543. The summed E-state index contributed by atoms with van der Waals surface area (Å²) in [6.45, 7) is 8.90. The van der Waals surface area contributed by atoms with E-state index in [0.29, 0.717) is 12.0 Å². The predicted molar refractivity (Wildman–Crippen MR) is 85.2 cm³/mol. The number of hydrogen-bond acceptors (Lipinski definition) is 3. The Morgan fingerprint density at radius 2 is 2.14 bits per heavy atom. The zero-order valence-corrected chi connectivity index (χ0v) is 13.1. The van der Waals surface area contributed by atoms with Crippen molar-refractivity contribution in [2.45, 2.75) is 45.6 Å². The van der Waals surface area contributed by atoms with Gasteiger partial charge in [-0.2, -0.15) is 5.10 Å². The number of H-pyrrole nitrogens is 1. The van der Waals surface area contributed by atoms with Crippen molar-refractivity contribution >= 4 is 0 Å². The minimum atomic E-state index is 0.543. The molecular formula is C17H24N4. The number of nitrogens with one attached hydrogen (secondary N) is 1. The van der Waals surface area contributed by atoms with Gasteiger partial charge in [0.05, 0.1) is 5.69 Å². The summed E-state index contributed by atoms with van der Waals surface area (Å²) in [6, 6.07) is 8.98. The fourth-order valence-corrected chi connectivity index (χ4v) is 3.09. The van der Waals surface area contributed by atoms with Crippen LogP contribution in [0.25, 0.3) is 11.4 Å². The van der Waals surface area contributed by atoms with E-state index in [0.717, 1.165) is 23.6 Å². The van der Waals surface area contributed by atoms with E-state index in [1.165, 1.54) is 25.1 Å². The molecule has 1 N–H and O–H groups in total. The Kier molecular flexibility index (Phi) is 4.06. The molecule has 0 radical (unpaired) electrons. The molecule has 4 heteroatoms. The van der Waals surface area contributed by atoms with Crippen molar-refractivity contribution in [3.63, 3.8) is 0 Å². The number of piperidine rings is 1. The van der Waals surface area contributed by atoms with Gasteiger partial charge in [0.25, 0.3) is 0 Å². The Morgan fingerprint density at radius 1 is 1.29 bits per heavy atom. The SMILES string of the molecule is Cc1cc(-c2cccc([C@H]3CCCN(C(C)C)C3)n2)n[nH]1. The zero-order valence-electron chi connectivity index (χ0n) is 13.1. The van der Waals surface area contributed by atoms with Crippen LogP contribution in [0.4, 0.5) is 0 Å². The third kappa shape index (κ3) is 3.16. The number of aromatic nitrogens is 3. The van der Waals surface area contributed by atoms with E-state index in [2.05, 4.69) is 41.1 Å². The van der Waals surface area contributed by atoms with Gasteiger partial charge in [-0.05, 0) is 58.4 Å². The number of likely N-dealkylation sites (tertiary alicyclic amines) is 1. The Bertz CT molecular complexity index is 602. The van der Waals surface area contributed by atoms with Gasteiger partial charge in [-0.15, -0.1) is 0 Å². The first kappa shape index (κ1) is 14.3. The molecule has 0 spiro atoms. The lowest BCUT2D eigenvalue weighted by Crippen LogP contribution is -2.39. The molecule has 3 rings (SSSR count). The average Bonchev–Trinajstić information content (AvgIpc) is 2.94. The number of nitrogens with zero attached hydrogens (tertiary/aromatic N) is 3. The number of aromatic amines is 1. The highest BCUT2D eigenvalue weighted by Crippen LogP contribution is 2.28. The summed E-state index contributed by atoms with van der Waals surface area (Å²) < 4.78 is 0. The molecular weight excluding hydrogens is 260 g/mol. The molecule has 0 aromatic carbocycles. The van der Waals surface area contributed by atoms with Crippen LogP contribution in [-0.2, 0) is 0 Å². The van der Waals surface area contributed by atoms with E-state index in [9.17, 15) is 0 Å². The molecule has 2 aromatic heterocycles. The molecule has 112 valence electrons. The van der Waals surface area contributed by atoms with E-state index in [4.69, 9.17) is 4.98 Å². The summed E-state index contributed by atoms with van der Waals surface area (Å²) >= 11 is 0. The van der Waals surface area contributed by atoms with Crippen LogP contribution in [0.2, 0.25) is 0 Å². The smallest absolute Gasteiger partial charge is 0.111 e. The number of pyridine rings is 1. The molecule has 0 bridgehead atoms. The topological polar surface area (TPSA) is 44.8 Å². The van der Waals surface area contributed by atoms with Crippen LogP contribution < -0.4 is 0 Å². The van der Waals surface area contributed by atoms with E-state index >= 15 is 0 Å². The standard InChI is InChI=1S/C17H24N4/c1-12(2)21-9-5-6-14(11-21)15-7-4-8-16(18-15)17-10-13(3)19-20-17/h4,7-8,10,12,14H,5-6,9,11H2,1-3H3,(H,19,20)/t14-/m0/s1. The van der Waals surface area contributed by atoms with Gasteiger partial charge in [-0.25, -0.2) is 0 Å². The first-order chi connectivity index (χ1) is 10.1. The van der Waals surface area contributed by atoms with Crippen molar-refractivity contribution in [1.82, 2.24) is 20.1 Å². The Hall–Kier alpha value is -1.68. The Morgan fingerprint density at radius 3 is 2.86 bits per heavy atom. The van der Waals surface area contributed by atoms with Gasteiger partial charge in [-0.1, -0.05) is 6.07 Å².